The van der Waals surface area contributed by atoms with Crippen LogP contribution in [0.15, 0.2) is 30.1 Å². The number of allylic oxidation sites excluding steroid dienone is 1. The zero-order valence-electron chi connectivity index (χ0n) is 20.0. The Labute approximate surface area is 204 Å². The molecule has 2 aromatic rings. The summed E-state index contributed by atoms with van der Waals surface area (Å²) < 4.78 is 15.2. The van der Waals surface area contributed by atoms with Gasteiger partial charge in [-0.1, -0.05) is 31.2 Å². The maximum absolute atomic E-state index is 13.3. The Hall–Kier alpha value is -1.99. The van der Waals surface area contributed by atoms with Gasteiger partial charge < -0.3 is 5.11 Å². The van der Waals surface area contributed by atoms with Crippen molar-refractivity contribution >= 4 is 23.0 Å². The Bertz CT molecular complexity index is 1180. The van der Waals surface area contributed by atoms with Crippen LogP contribution in [0.2, 0.25) is 0 Å². The number of aliphatic hydroxyl groups is 1. The van der Waals surface area contributed by atoms with Crippen molar-refractivity contribution in [2.45, 2.75) is 58.5 Å². The van der Waals surface area contributed by atoms with Crippen LogP contribution in [0.5, 0.6) is 0 Å². The average Bonchev–Trinajstić information content (AvgIpc) is 3.36. The lowest BCUT2D eigenvalue weighted by Crippen LogP contribution is -2.57. The second-order valence-corrected chi connectivity index (χ2v) is 12.1. The molecule has 0 aromatic carbocycles. The van der Waals surface area contributed by atoms with Gasteiger partial charge in [0.1, 0.15) is 0 Å². The number of aromatic nitrogens is 3. The van der Waals surface area contributed by atoms with Crippen LogP contribution in [0.25, 0.3) is 11.8 Å². The normalized spacial score (nSPS) is 38.4. The van der Waals surface area contributed by atoms with Crippen LogP contribution < -0.4 is 0 Å². The van der Waals surface area contributed by atoms with Crippen LogP contribution in [0.1, 0.15) is 57.2 Å². The summed E-state index contributed by atoms with van der Waals surface area (Å²) in [5.41, 5.74) is 4.13. The molecule has 2 heterocycles. The van der Waals surface area contributed by atoms with E-state index in [9.17, 15) is 14.3 Å². The molecular formula is C27H32FN3O2S. The highest BCUT2D eigenvalue weighted by Gasteiger charge is 2.63. The Kier molecular flexibility index (Phi) is 5.13. The van der Waals surface area contributed by atoms with Gasteiger partial charge >= 0.3 is 0 Å². The average molecular weight is 482 g/mol. The maximum Gasteiger partial charge on any atom is 0.212 e. The number of thioether (sulfide) groups is 1. The monoisotopic (exact) mass is 481 g/mol. The predicted octanol–water partition coefficient (Wildman–Crippen LogP) is 5.07. The molecule has 0 radical (unpaired) electrons. The largest absolute Gasteiger partial charge is 0.393 e. The summed E-state index contributed by atoms with van der Waals surface area (Å²) in [6, 6.07) is 3.07. The van der Waals surface area contributed by atoms with Gasteiger partial charge in [-0.15, -0.1) is 0 Å². The summed E-state index contributed by atoms with van der Waals surface area (Å²) in [7, 11) is 0. The molecule has 3 saturated carbocycles. The fourth-order valence-corrected chi connectivity index (χ4v) is 9.08. The molecule has 0 bridgehead atoms. The number of halogens is 1. The second-order valence-electron chi connectivity index (χ2n) is 11.3. The summed E-state index contributed by atoms with van der Waals surface area (Å²) in [5.74, 6) is 0.690. The third-order valence-electron chi connectivity index (χ3n) is 9.86. The Morgan fingerprint density at radius 2 is 2.06 bits per heavy atom. The van der Waals surface area contributed by atoms with Crippen molar-refractivity contribution in [3.8, 4) is 5.69 Å². The van der Waals surface area contributed by atoms with Crippen molar-refractivity contribution < 1.29 is 14.3 Å². The SMILES string of the molecule is CSC(=O)C1CC[C@H]2[C@@H]3CCC4=Cc5c(cnn5-c5ccc(F)nc5)C[C@]4(C)[C@H]3[C@@H](O)C[C@@]12C. The third-order valence-corrected chi connectivity index (χ3v) is 10.6. The number of fused-ring (bicyclic) bond motifs is 6. The maximum atomic E-state index is 13.3. The van der Waals surface area contributed by atoms with E-state index < -0.39 is 12.1 Å². The van der Waals surface area contributed by atoms with E-state index in [1.807, 2.05) is 17.1 Å². The Balaban J connectivity index is 1.35. The van der Waals surface area contributed by atoms with E-state index in [-0.39, 0.29) is 22.7 Å². The summed E-state index contributed by atoms with van der Waals surface area (Å²) >= 11 is 1.35. The van der Waals surface area contributed by atoms with E-state index in [1.165, 1.54) is 35.2 Å². The quantitative estimate of drug-likeness (QED) is 0.607. The van der Waals surface area contributed by atoms with E-state index in [0.717, 1.165) is 43.5 Å². The van der Waals surface area contributed by atoms with Crippen LogP contribution in [0, 0.1) is 40.4 Å². The van der Waals surface area contributed by atoms with Crippen molar-refractivity contribution in [2.24, 2.45) is 34.5 Å². The molecule has 0 saturated heterocycles. The van der Waals surface area contributed by atoms with Crippen molar-refractivity contribution in [3.63, 3.8) is 0 Å². The first kappa shape index (κ1) is 22.5. The standard InChI is InChI=1S/C27H32FN3O2S/c1-26-11-15-13-30-31(17-5-9-23(28)29-14-17)21(15)10-16(26)4-6-18-19-7-8-20(25(33)34-3)27(19,2)12-22(32)24(18)26/h5,9-10,13-14,18-20,22,24,32H,4,6-8,11-12H2,1-3H3/t18-,19-,20?,22-,24+,26-,27+/m0/s1. The van der Waals surface area contributed by atoms with Crippen LogP contribution in [-0.4, -0.2) is 37.3 Å². The molecule has 3 fully saturated rings. The van der Waals surface area contributed by atoms with Crippen LogP contribution in [0.4, 0.5) is 4.39 Å². The fraction of sp³-hybridized carbons (Fsp3) is 0.593. The Morgan fingerprint density at radius 1 is 1.24 bits per heavy atom. The first-order valence-electron chi connectivity index (χ1n) is 12.4. The van der Waals surface area contributed by atoms with E-state index in [1.54, 1.807) is 6.07 Å². The first-order valence-corrected chi connectivity index (χ1v) is 13.6. The number of hydrogen-bond acceptors (Lipinski definition) is 5. The summed E-state index contributed by atoms with van der Waals surface area (Å²) in [5, 5.41) is 16.6. The van der Waals surface area contributed by atoms with Crippen molar-refractivity contribution in [3.05, 3.63) is 47.3 Å². The summed E-state index contributed by atoms with van der Waals surface area (Å²) in [6.45, 7) is 4.61. The van der Waals surface area contributed by atoms with Gasteiger partial charge in [-0.25, -0.2) is 9.67 Å². The fourth-order valence-electron chi connectivity index (χ4n) is 8.41. The number of pyridine rings is 1. The number of aliphatic hydroxyl groups excluding tert-OH is 1. The minimum absolute atomic E-state index is 0.0633. The molecule has 5 nitrogen and oxygen atoms in total. The lowest BCUT2D eigenvalue weighted by atomic mass is 9.46. The van der Waals surface area contributed by atoms with Gasteiger partial charge in [0.05, 0.1) is 29.9 Å². The molecule has 2 aromatic heterocycles. The summed E-state index contributed by atoms with van der Waals surface area (Å²) in [4.78, 5) is 16.5. The molecule has 34 heavy (non-hydrogen) atoms. The lowest BCUT2D eigenvalue weighted by molar-refractivity contribution is -0.136. The molecule has 7 heteroatoms. The topological polar surface area (TPSA) is 68.0 Å². The highest BCUT2D eigenvalue weighted by Crippen LogP contribution is 2.67. The van der Waals surface area contributed by atoms with Gasteiger partial charge in [-0.3, -0.25) is 4.79 Å². The highest BCUT2D eigenvalue weighted by molar-refractivity contribution is 8.13. The minimum Gasteiger partial charge on any atom is -0.393 e. The number of hydrogen-bond donors (Lipinski definition) is 1. The van der Waals surface area contributed by atoms with Gasteiger partial charge in [-0.05, 0) is 97.1 Å². The van der Waals surface area contributed by atoms with E-state index in [0.29, 0.717) is 23.4 Å². The number of rotatable bonds is 2. The Morgan fingerprint density at radius 3 is 2.79 bits per heavy atom. The number of nitrogens with zero attached hydrogens (tertiary/aromatic N) is 3. The molecule has 4 aliphatic carbocycles. The first-order chi connectivity index (χ1) is 16.3. The molecule has 4 aliphatic rings. The van der Waals surface area contributed by atoms with Crippen LogP contribution in [0.3, 0.4) is 0 Å². The zero-order valence-corrected chi connectivity index (χ0v) is 20.8. The van der Waals surface area contributed by atoms with Gasteiger partial charge in [0.2, 0.25) is 5.95 Å². The molecule has 6 rings (SSSR count). The molecule has 180 valence electrons. The minimum atomic E-state index is -0.499. The number of carbonyl (C=O) groups is 1. The van der Waals surface area contributed by atoms with Crippen LogP contribution >= 0.6 is 11.8 Å². The summed E-state index contributed by atoms with van der Waals surface area (Å²) in [6.07, 6.45) is 12.9. The van der Waals surface area contributed by atoms with Crippen molar-refractivity contribution in [1.29, 1.82) is 0 Å². The number of carbonyl (C=O) groups excluding carboxylic acids is 1. The smallest absolute Gasteiger partial charge is 0.212 e. The predicted molar refractivity (Wildman–Crippen MR) is 131 cm³/mol. The lowest BCUT2D eigenvalue weighted by Gasteiger charge is -2.59. The zero-order chi connectivity index (χ0) is 23.8. The van der Waals surface area contributed by atoms with E-state index in [4.69, 9.17) is 0 Å². The van der Waals surface area contributed by atoms with E-state index >= 15 is 0 Å². The van der Waals surface area contributed by atoms with Gasteiger partial charge in [-0.2, -0.15) is 9.49 Å². The van der Waals surface area contributed by atoms with Gasteiger partial charge in [0, 0.05) is 5.92 Å². The molecule has 0 aliphatic heterocycles. The third kappa shape index (κ3) is 3.05. The van der Waals surface area contributed by atoms with Gasteiger partial charge in [0.15, 0.2) is 5.12 Å². The highest BCUT2D eigenvalue weighted by atomic mass is 32.2. The molecule has 1 unspecified atom stereocenters. The molecule has 7 atom stereocenters. The second kappa shape index (κ2) is 7.76. The van der Waals surface area contributed by atoms with Crippen molar-refractivity contribution in [1.82, 2.24) is 14.8 Å². The van der Waals surface area contributed by atoms with Crippen molar-refractivity contribution in [2.75, 3.05) is 6.26 Å². The molecule has 0 amide bonds. The van der Waals surface area contributed by atoms with E-state index in [2.05, 4.69) is 30.0 Å². The molecule has 0 spiro atoms. The molecule has 1 N–H and O–H groups in total. The van der Waals surface area contributed by atoms with Crippen LogP contribution in [-0.2, 0) is 11.2 Å². The van der Waals surface area contributed by atoms with Gasteiger partial charge in [0.25, 0.3) is 0 Å². The molecular weight excluding hydrogens is 449 g/mol.